The Kier molecular flexibility index (Phi) is 7.58. The topological polar surface area (TPSA) is 118 Å². The number of ether oxygens (including phenoxy) is 1. The van der Waals surface area contributed by atoms with E-state index >= 15 is 0 Å². The number of nitrogens with zero attached hydrogens (tertiary/aromatic N) is 3. The number of hydrogen-bond acceptors (Lipinski definition) is 6. The minimum atomic E-state index is -4.46. The lowest BCUT2D eigenvalue weighted by molar-refractivity contribution is -0.137. The van der Waals surface area contributed by atoms with Gasteiger partial charge >= 0.3 is 6.18 Å². The Balaban J connectivity index is 0.00000336. The number of likely N-dealkylation sites (tertiary alicyclic amines) is 1. The van der Waals surface area contributed by atoms with Crippen LogP contribution in [0.3, 0.4) is 0 Å². The third kappa shape index (κ3) is 5.57. The number of rotatable bonds is 6. The highest BCUT2D eigenvalue weighted by molar-refractivity contribution is 5.97. The number of halogens is 4. The van der Waals surface area contributed by atoms with Gasteiger partial charge in [0, 0.05) is 17.7 Å². The molecule has 0 saturated carbocycles. The largest absolute Gasteiger partial charge is 0.485 e. The Hall–Kier alpha value is -4.12. The second kappa shape index (κ2) is 10.7. The van der Waals surface area contributed by atoms with Crippen molar-refractivity contribution in [3.63, 3.8) is 0 Å². The first-order chi connectivity index (χ1) is 17.7. The molecule has 8 nitrogen and oxygen atoms in total. The van der Waals surface area contributed by atoms with Crippen LogP contribution < -0.4 is 10.5 Å². The van der Waals surface area contributed by atoms with Gasteiger partial charge in [-0.1, -0.05) is 35.5 Å². The molecule has 3 N–H and O–H groups in total. The number of benzene rings is 3. The van der Waals surface area contributed by atoms with Gasteiger partial charge in [0.1, 0.15) is 11.8 Å². The summed E-state index contributed by atoms with van der Waals surface area (Å²) < 4.78 is 49.2. The van der Waals surface area contributed by atoms with Crippen molar-refractivity contribution in [2.45, 2.75) is 25.1 Å². The molecule has 0 bridgehead atoms. The molecule has 0 aliphatic carbocycles. The molecule has 0 amide bonds. The number of Topliss-reactive ketones (excluding diaryl/α,β-unsaturated/α-hetero) is 1. The lowest BCUT2D eigenvalue weighted by Crippen LogP contribution is -2.35. The molecular weight excluding hydrogens is 523 g/mol. The van der Waals surface area contributed by atoms with Crippen LogP contribution in [-0.4, -0.2) is 39.9 Å². The fraction of sp³-hybridized carbons (Fsp3) is 0.231. The Bertz CT molecular complexity index is 1470. The highest BCUT2D eigenvalue weighted by Gasteiger charge is 2.32. The molecule has 5 rings (SSSR count). The van der Waals surface area contributed by atoms with Crippen molar-refractivity contribution >= 4 is 34.9 Å². The van der Waals surface area contributed by atoms with Gasteiger partial charge in [-0.25, -0.2) is 0 Å². The standard InChI is InChI=1S/C26H22F3N5O3.ClH/c27-26(28,29)19-8-5-15(6-9-19)22(35)14-36-20-10-7-16-12-18(4-3-17(16)13-20)23-32-24(37-33-23)21-2-1-11-34(21)25(30)31;/h3-10,12-13,21H,1-2,11,14H2,(H3,30,31);1H/t21-;/m0./s1. The summed E-state index contributed by atoms with van der Waals surface area (Å²) >= 11 is 0. The zero-order chi connectivity index (χ0) is 26.2. The van der Waals surface area contributed by atoms with E-state index in [0.29, 0.717) is 24.0 Å². The third-order valence-electron chi connectivity index (χ3n) is 6.26. The van der Waals surface area contributed by atoms with E-state index in [1.165, 1.54) is 0 Å². The van der Waals surface area contributed by atoms with E-state index in [2.05, 4.69) is 10.1 Å². The lowest BCUT2D eigenvalue weighted by atomic mass is 10.1. The predicted molar refractivity (Wildman–Crippen MR) is 136 cm³/mol. The van der Waals surface area contributed by atoms with Crippen LogP contribution >= 0.6 is 12.4 Å². The maximum absolute atomic E-state index is 12.7. The second-order valence-electron chi connectivity index (χ2n) is 8.70. The number of aromatic nitrogens is 2. The number of guanidine groups is 1. The van der Waals surface area contributed by atoms with E-state index in [0.717, 1.165) is 53.4 Å². The number of carbonyl (C=O) groups is 1. The van der Waals surface area contributed by atoms with Gasteiger partial charge in [-0.3, -0.25) is 10.2 Å². The average molecular weight is 546 g/mol. The van der Waals surface area contributed by atoms with Crippen LogP contribution in [0.25, 0.3) is 22.2 Å². The van der Waals surface area contributed by atoms with Gasteiger partial charge in [0.15, 0.2) is 18.3 Å². The Morgan fingerprint density at radius 3 is 2.53 bits per heavy atom. The van der Waals surface area contributed by atoms with E-state index in [9.17, 15) is 18.0 Å². The third-order valence-corrected chi connectivity index (χ3v) is 6.26. The van der Waals surface area contributed by atoms with Crippen molar-refractivity contribution in [1.82, 2.24) is 15.0 Å². The number of alkyl halides is 3. The van der Waals surface area contributed by atoms with Gasteiger partial charge in [0.2, 0.25) is 11.7 Å². The van der Waals surface area contributed by atoms with E-state index < -0.39 is 17.5 Å². The van der Waals surface area contributed by atoms with Crippen molar-refractivity contribution in [2.24, 2.45) is 5.73 Å². The Morgan fingerprint density at radius 2 is 1.82 bits per heavy atom. The van der Waals surface area contributed by atoms with Crippen LogP contribution in [0.2, 0.25) is 0 Å². The molecule has 0 unspecified atom stereocenters. The van der Waals surface area contributed by atoms with Crippen molar-refractivity contribution in [3.05, 3.63) is 77.7 Å². The van der Waals surface area contributed by atoms with Crippen molar-refractivity contribution in [1.29, 1.82) is 5.41 Å². The summed E-state index contributed by atoms with van der Waals surface area (Å²) in [4.78, 5) is 18.6. The molecular formula is C26H23ClF3N5O3. The molecule has 4 aromatic rings. The van der Waals surface area contributed by atoms with E-state index in [4.69, 9.17) is 20.4 Å². The van der Waals surface area contributed by atoms with Crippen LogP contribution in [0.1, 0.15) is 40.7 Å². The summed E-state index contributed by atoms with van der Waals surface area (Å²) in [5.74, 6) is 0.849. The minimum absolute atomic E-state index is 0. The maximum atomic E-state index is 12.7. The number of fused-ring (bicyclic) bond motifs is 1. The number of nitrogens with two attached hydrogens (primary N) is 1. The summed E-state index contributed by atoms with van der Waals surface area (Å²) in [5, 5.41) is 13.6. The molecule has 38 heavy (non-hydrogen) atoms. The normalized spacial score (nSPS) is 15.3. The van der Waals surface area contributed by atoms with Crippen LogP contribution in [0, 0.1) is 5.41 Å². The van der Waals surface area contributed by atoms with E-state index in [-0.39, 0.29) is 36.6 Å². The van der Waals surface area contributed by atoms with Crippen molar-refractivity contribution < 1.29 is 27.2 Å². The molecule has 1 fully saturated rings. The molecule has 1 aromatic heterocycles. The fourth-order valence-electron chi connectivity index (χ4n) is 4.33. The SMILES string of the molecule is Cl.N=C(N)N1CCC[C@H]1c1nc(-c2ccc3cc(OCC(=O)c4ccc(C(F)(F)F)cc4)ccc3c2)no1. The van der Waals surface area contributed by atoms with Crippen molar-refractivity contribution in [3.8, 4) is 17.1 Å². The van der Waals surface area contributed by atoms with Gasteiger partial charge in [0.05, 0.1) is 5.56 Å². The van der Waals surface area contributed by atoms with Gasteiger partial charge in [0.25, 0.3) is 0 Å². The molecule has 0 spiro atoms. The van der Waals surface area contributed by atoms with Crippen molar-refractivity contribution in [2.75, 3.05) is 13.2 Å². The van der Waals surface area contributed by atoms with Crippen LogP contribution in [-0.2, 0) is 6.18 Å². The molecule has 198 valence electrons. The maximum Gasteiger partial charge on any atom is 0.416 e. The van der Waals surface area contributed by atoms with Gasteiger partial charge in [-0.2, -0.15) is 18.2 Å². The number of carbonyl (C=O) groups excluding carboxylic acids is 1. The first-order valence-corrected chi connectivity index (χ1v) is 11.5. The molecule has 3 aromatic carbocycles. The predicted octanol–water partition coefficient (Wildman–Crippen LogP) is 5.62. The Labute approximate surface area is 221 Å². The summed E-state index contributed by atoms with van der Waals surface area (Å²) in [6.07, 6.45) is -2.79. The number of hydrogen-bond donors (Lipinski definition) is 2. The summed E-state index contributed by atoms with van der Waals surface area (Å²) in [5.41, 5.74) is 5.74. The molecule has 1 aliphatic rings. The van der Waals surface area contributed by atoms with Crippen LogP contribution in [0.15, 0.2) is 65.2 Å². The average Bonchev–Trinajstić information content (AvgIpc) is 3.56. The van der Waals surface area contributed by atoms with E-state index in [1.54, 1.807) is 17.0 Å². The summed E-state index contributed by atoms with van der Waals surface area (Å²) in [7, 11) is 0. The number of ketones is 1. The van der Waals surface area contributed by atoms with Gasteiger partial charge in [-0.05, 0) is 53.9 Å². The smallest absolute Gasteiger partial charge is 0.416 e. The molecule has 1 saturated heterocycles. The van der Waals surface area contributed by atoms with Crippen LogP contribution in [0.5, 0.6) is 5.75 Å². The fourth-order valence-corrected chi connectivity index (χ4v) is 4.33. The minimum Gasteiger partial charge on any atom is -0.485 e. The summed E-state index contributed by atoms with van der Waals surface area (Å²) in [6, 6.07) is 14.7. The highest BCUT2D eigenvalue weighted by atomic mass is 35.5. The first kappa shape index (κ1) is 26.9. The monoisotopic (exact) mass is 545 g/mol. The summed E-state index contributed by atoms with van der Waals surface area (Å²) in [6.45, 7) is 0.368. The van der Waals surface area contributed by atoms with Gasteiger partial charge in [-0.15, -0.1) is 12.4 Å². The molecule has 2 heterocycles. The molecule has 1 aliphatic heterocycles. The number of nitrogens with one attached hydrogen (secondary N) is 1. The zero-order valence-electron chi connectivity index (χ0n) is 19.9. The van der Waals surface area contributed by atoms with E-state index in [1.807, 2.05) is 24.3 Å². The second-order valence-corrected chi connectivity index (χ2v) is 8.70. The highest BCUT2D eigenvalue weighted by Crippen LogP contribution is 2.33. The zero-order valence-corrected chi connectivity index (χ0v) is 20.7. The molecule has 12 heteroatoms. The first-order valence-electron chi connectivity index (χ1n) is 11.5. The Morgan fingerprint density at radius 1 is 1.11 bits per heavy atom. The molecule has 0 radical (unpaired) electrons. The van der Waals surface area contributed by atoms with Crippen LogP contribution in [0.4, 0.5) is 13.2 Å². The lowest BCUT2D eigenvalue weighted by Gasteiger charge is -2.21. The van der Waals surface area contributed by atoms with Gasteiger partial charge < -0.3 is 19.9 Å². The molecule has 1 atom stereocenters. The quantitative estimate of drug-likeness (QED) is 0.183.